The highest BCUT2D eigenvalue weighted by atomic mass is 35.5. The van der Waals surface area contributed by atoms with Gasteiger partial charge in [-0.05, 0) is 68.1 Å². The average molecular weight is 517 g/mol. The van der Waals surface area contributed by atoms with Gasteiger partial charge in [-0.2, -0.15) is 0 Å². The van der Waals surface area contributed by atoms with E-state index in [2.05, 4.69) is 20.3 Å². The van der Waals surface area contributed by atoms with Crippen LogP contribution in [0.1, 0.15) is 58.7 Å². The van der Waals surface area contributed by atoms with Gasteiger partial charge >= 0.3 is 0 Å². The van der Waals surface area contributed by atoms with Gasteiger partial charge in [0.25, 0.3) is 11.8 Å². The quantitative estimate of drug-likeness (QED) is 0.492. The van der Waals surface area contributed by atoms with E-state index in [1.54, 1.807) is 53.8 Å². The lowest BCUT2D eigenvalue weighted by atomic mass is 9.92. The van der Waals surface area contributed by atoms with Gasteiger partial charge in [0.05, 0.1) is 34.3 Å². The number of benzene rings is 1. The first-order chi connectivity index (χ1) is 17.8. The normalized spacial score (nSPS) is 17.4. The van der Waals surface area contributed by atoms with E-state index in [4.69, 9.17) is 11.6 Å². The molecule has 0 spiro atoms. The molecule has 2 aromatic heterocycles. The van der Waals surface area contributed by atoms with Crippen LogP contribution >= 0.6 is 11.6 Å². The van der Waals surface area contributed by atoms with Crippen molar-refractivity contribution in [3.8, 4) is 0 Å². The predicted molar refractivity (Wildman–Crippen MR) is 146 cm³/mol. The topological polar surface area (TPSA) is 90.8 Å². The number of piperidine rings is 1. The molecular weight excluding hydrogens is 488 g/mol. The third-order valence-electron chi connectivity index (χ3n) is 7.07. The van der Waals surface area contributed by atoms with Gasteiger partial charge in [0.2, 0.25) is 0 Å². The number of hydrogen-bond acceptors (Lipinski definition) is 6. The number of hydrogen-bond donors (Lipinski definition) is 1. The summed E-state index contributed by atoms with van der Waals surface area (Å²) in [6.07, 6.45) is 8.42. The summed E-state index contributed by atoms with van der Waals surface area (Å²) in [5.74, 6) is -0.186. The number of fused-ring (bicyclic) bond motifs is 1. The molecule has 0 saturated carbocycles. The number of likely N-dealkylation sites (tertiary alicyclic amines) is 1. The first-order valence-electron chi connectivity index (χ1n) is 12.3. The monoisotopic (exact) mass is 516 g/mol. The van der Waals surface area contributed by atoms with Gasteiger partial charge in [0, 0.05) is 44.2 Å². The highest BCUT2D eigenvalue weighted by molar-refractivity contribution is 6.33. The van der Waals surface area contributed by atoms with Crippen molar-refractivity contribution in [2.75, 3.05) is 30.4 Å². The summed E-state index contributed by atoms with van der Waals surface area (Å²) in [5.41, 5.74) is 3.96. The number of nitrogens with one attached hydrogen (secondary N) is 1. The molecule has 0 bridgehead atoms. The van der Waals surface area contributed by atoms with Gasteiger partial charge in [0.1, 0.15) is 5.69 Å². The number of anilines is 2. The molecule has 3 aromatic rings. The number of halogens is 1. The molecule has 2 aliphatic rings. The van der Waals surface area contributed by atoms with Crippen LogP contribution in [0.25, 0.3) is 0 Å². The summed E-state index contributed by atoms with van der Waals surface area (Å²) in [6.45, 7) is 5.30. The van der Waals surface area contributed by atoms with Gasteiger partial charge in [-0.25, -0.2) is 4.98 Å². The first-order valence-corrected chi connectivity index (χ1v) is 12.7. The van der Waals surface area contributed by atoms with Crippen molar-refractivity contribution in [2.45, 2.75) is 38.3 Å². The SMILES string of the molecule is CN=Cc1ccc2c(c1)C(C)(C)N(c1cncc(NC3CCN(C(=O)c4ncccc4Cl)CC3)c1)C2=O. The van der Waals surface area contributed by atoms with E-state index >= 15 is 0 Å². The van der Waals surface area contributed by atoms with Crippen molar-refractivity contribution in [2.24, 2.45) is 4.99 Å². The zero-order valence-corrected chi connectivity index (χ0v) is 21.9. The molecule has 1 N–H and O–H groups in total. The Morgan fingerprint density at radius 2 is 1.97 bits per heavy atom. The van der Waals surface area contributed by atoms with E-state index in [1.165, 1.54) is 0 Å². The van der Waals surface area contributed by atoms with Crippen molar-refractivity contribution >= 4 is 41.0 Å². The predicted octanol–water partition coefficient (Wildman–Crippen LogP) is 4.79. The summed E-state index contributed by atoms with van der Waals surface area (Å²) in [7, 11) is 1.73. The smallest absolute Gasteiger partial charge is 0.273 e. The molecule has 1 aromatic carbocycles. The van der Waals surface area contributed by atoms with E-state index in [-0.39, 0.29) is 17.9 Å². The number of aliphatic imine (C=N–C) groups is 1. The molecular formula is C28H29ClN6O2. The molecule has 0 unspecified atom stereocenters. The lowest BCUT2D eigenvalue weighted by molar-refractivity contribution is 0.0712. The van der Waals surface area contributed by atoms with Crippen LogP contribution in [-0.4, -0.2) is 59.1 Å². The Bertz CT molecular complexity index is 1380. The minimum Gasteiger partial charge on any atom is -0.381 e. The van der Waals surface area contributed by atoms with Gasteiger partial charge in [-0.15, -0.1) is 0 Å². The van der Waals surface area contributed by atoms with Gasteiger partial charge in [-0.1, -0.05) is 17.7 Å². The maximum Gasteiger partial charge on any atom is 0.273 e. The number of carbonyl (C=O) groups is 2. The van der Waals surface area contributed by atoms with Gasteiger partial charge in [0.15, 0.2) is 0 Å². The Labute approximate surface area is 221 Å². The molecule has 2 amide bonds. The first kappa shape index (κ1) is 24.9. The van der Waals surface area contributed by atoms with E-state index in [9.17, 15) is 9.59 Å². The van der Waals surface area contributed by atoms with Gasteiger partial charge < -0.3 is 10.2 Å². The largest absolute Gasteiger partial charge is 0.381 e. The van der Waals surface area contributed by atoms with Crippen LogP contribution in [0.5, 0.6) is 0 Å². The Kier molecular flexibility index (Phi) is 6.69. The fourth-order valence-corrected chi connectivity index (χ4v) is 5.41. The number of aromatic nitrogens is 2. The third kappa shape index (κ3) is 4.69. The second-order valence-electron chi connectivity index (χ2n) is 9.87. The molecule has 5 rings (SSSR count). The molecule has 8 nitrogen and oxygen atoms in total. The highest BCUT2D eigenvalue weighted by Gasteiger charge is 2.44. The van der Waals surface area contributed by atoms with E-state index < -0.39 is 5.54 Å². The van der Waals surface area contributed by atoms with Crippen molar-refractivity contribution in [3.63, 3.8) is 0 Å². The van der Waals surface area contributed by atoms with E-state index in [1.807, 2.05) is 38.1 Å². The lowest BCUT2D eigenvalue weighted by Crippen LogP contribution is -2.42. The lowest BCUT2D eigenvalue weighted by Gasteiger charge is -2.34. The van der Waals surface area contributed by atoms with Crippen LogP contribution in [-0.2, 0) is 5.54 Å². The van der Waals surface area contributed by atoms with Crippen molar-refractivity contribution in [3.05, 3.63) is 82.4 Å². The Balaban J connectivity index is 1.28. The van der Waals surface area contributed by atoms with Crippen LogP contribution in [0, 0.1) is 0 Å². The summed E-state index contributed by atoms with van der Waals surface area (Å²) >= 11 is 6.16. The van der Waals surface area contributed by atoms with Crippen molar-refractivity contribution in [1.29, 1.82) is 0 Å². The number of carbonyl (C=O) groups excluding carboxylic acids is 2. The second kappa shape index (κ2) is 9.94. The number of rotatable bonds is 5. The molecule has 0 atom stereocenters. The molecule has 0 radical (unpaired) electrons. The highest BCUT2D eigenvalue weighted by Crippen LogP contribution is 2.42. The Hall–Kier alpha value is -3.78. The van der Waals surface area contributed by atoms with Crippen molar-refractivity contribution in [1.82, 2.24) is 14.9 Å². The summed E-state index contributed by atoms with van der Waals surface area (Å²) in [5, 5.41) is 3.91. The third-order valence-corrected chi connectivity index (χ3v) is 7.37. The van der Waals surface area contributed by atoms with Crippen LogP contribution in [0.4, 0.5) is 11.4 Å². The fourth-order valence-electron chi connectivity index (χ4n) is 5.20. The minimum atomic E-state index is -0.539. The average Bonchev–Trinajstić information content (AvgIpc) is 3.09. The minimum absolute atomic E-state index is 0.0426. The maximum atomic E-state index is 13.4. The van der Waals surface area contributed by atoms with Crippen LogP contribution in [0.2, 0.25) is 5.02 Å². The fraction of sp³-hybridized carbons (Fsp3) is 0.321. The zero-order chi connectivity index (χ0) is 26.2. The van der Waals surface area contributed by atoms with E-state index in [0.29, 0.717) is 29.4 Å². The van der Waals surface area contributed by atoms with Crippen LogP contribution in [0.15, 0.2) is 60.0 Å². The zero-order valence-electron chi connectivity index (χ0n) is 21.1. The summed E-state index contributed by atoms with van der Waals surface area (Å²) in [4.78, 5) is 42.5. The molecule has 1 fully saturated rings. The molecule has 4 heterocycles. The van der Waals surface area contributed by atoms with Crippen LogP contribution < -0.4 is 10.2 Å². The molecule has 37 heavy (non-hydrogen) atoms. The maximum absolute atomic E-state index is 13.4. The molecule has 9 heteroatoms. The van der Waals surface area contributed by atoms with E-state index in [0.717, 1.165) is 35.3 Å². The Morgan fingerprint density at radius 3 is 2.70 bits per heavy atom. The standard InChI is InChI=1S/C28H29ClN6O2/c1-28(2)23-13-18(15-30-3)6-7-22(23)26(36)35(28)21-14-20(16-31-17-21)33-19-8-11-34(12-9-19)27(37)25-24(29)5-4-10-32-25/h4-7,10,13-17,19,33H,8-9,11-12H2,1-3H3. The van der Waals surface area contributed by atoms with Crippen molar-refractivity contribution < 1.29 is 9.59 Å². The summed E-state index contributed by atoms with van der Waals surface area (Å²) < 4.78 is 0. The molecule has 2 aliphatic heterocycles. The molecule has 190 valence electrons. The second-order valence-corrected chi connectivity index (χ2v) is 10.3. The van der Waals surface area contributed by atoms with Gasteiger partial charge in [-0.3, -0.25) is 24.5 Å². The van der Waals surface area contributed by atoms with Crippen LogP contribution in [0.3, 0.4) is 0 Å². The molecule has 0 aliphatic carbocycles. The molecule has 1 saturated heterocycles. The number of amides is 2. The Morgan fingerprint density at radius 1 is 1.19 bits per heavy atom. The number of pyridine rings is 2. The summed E-state index contributed by atoms with van der Waals surface area (Å²) in [6, 6.07) is 11.4. The number of nitrogens with zero attached hydrogens (tertiary/aromatic N) is 5.